The molecule has 0 saturated heterocycles. The predicted molar refractivity (Wildman–Crippen MR) is 96.9 cm³/mol. The Labute approximate surface area is 141 Å². The normalized spacial score (nSPS) is 11.9. The van der Waals surface area contributed by atoms with E-state index in [1.807, 2.05) is 43.3 Å². The van der Waals surface area contributed by atoms with E-state index in [0.29, 0.717) is 6.42 Å². The third-order valence-corrected chi connectivity index (χ3v) is 3.89. The summed E-state index contributed by atoms with van der Waals surface area (Å²) in [5.74, 6) is 0.738. The summed E-state index contributed by atoms with van der Waals surface area (Å²) in [5.41, 5.74) is 2.77. The zero-order valence-corrected chi connectivity index (χ0v) is 13.8. The van der Waals surface area contributed by atoms with Crippen LogP contribution in [0.5, 0.6) is 0 Å². The maximum absolute atomic E-state index is 11.6. The Bertz CT molecular complexity index is 848. The van der Waals surface area contributed by atoms with Crippen molar-refractivity contribution in [3.8, 4) is 0 Å². The number of carbonyl (C=O) groups excluding carboxylic acids is 1. The number of rotatable bonds is 5. The van der Waals surface area contributed by atoms with E-state index >= 15 is 0 Å². The number of hydrogen-bond donors (Lipinski definition) is 2. The van der Waals surface area contributed by atoms with Crippen molar-refractivity contribution in [2.75, 3.05) is 10.6 Å². The number of nitrogens with zero attached hydrogens (tertiary/aromatic N) is 2. The van der Waals surface area contributed by atoms with Crippen LogP contribution in [0.2, 0.25) is 0 Å². The summed E-state index contributed by atoms with van der Waals surface area (Å²) in [6.07, 6.45) is 1.99. The molecule has 2 N–H and O–H groups in total. The van der Waals surface area contributed by atoms with Crippen molar-refractivity contribution in [3.63, 3.8) is 0 Å². The molecule has 1 aromatic heterocycles. The Morgan fingerprint density at radius 1 is 1.12 bits per heavy atom. The Kier molecular flexibility index (Phi) is 4.70. The molecule has 24 heavy (non-hydrogen) atoms. The van der Waals surface area contributed by atoms with Crippen molar-refractivity contribution >= 4 is 28.3 Å². The largest absolute Gasteiger partial charge is 0.363 e. The van der Waals surface area contributed by atoms with Crippen LogP contribution < -0.4 is 10.6 Å². The molecule has 5 heteroatoms. The maximum Gasteiger partial charge on any atom is 0.224 e. The second kappa shape index (κ2) is 7.08. The fourth-order valence-electron chi connectivity index (χ4n) is 2.53. The minimum Gasteiger partial charge on any atom is -0.363 e. The van der Waals surface area contributed by atoms with E-state index in [2.05, 4.69) is 39.7 Å². The molecule has 3 aromatic rings. The smallest absolute Gasteiger partial charge is 0.224 e. The number of fused-ring (bicyclic) bond motifs is 1. The van der Waals surface area contributed by atoms with Gasteiger partial charge in [-0.05, 0) is 30.7 Å². The van der Waals surface area contributed by atoms with Crippen LogP contribution in [0.25, 0.3) is 10.9 Å². The van der Waals surface area contributed by atoms with Gasteiger partial charge in [0.2, 0.25) is 5.91 Å². The molecule has 2 aromatic carbocycles. The molecule has 1 heterocycles. The second-order valence-electron chi connectivity index (χ2n) is 5.63. The molecule has 0 bridgehead atoms. The molecule has 1 amide bonds. The van der Waals surface area contributed by atoms with Gasteiger partial charge in [-0.25, -0.2) is 9.97 Å². The Morgan fingerprint density at radius 2 is 1.92 bits per heavy atom. The highest BCUT2D eigenvalue weighted by molar-refractivity contribution is 5.96. The van der Waals surface area contributed by atoms with Gasteiger partial charge in [-0.1, -0.05) is 37.3 Å². The zero-order valence-electron chi connectivity index (χ0n) is 13.8. The van der Waals surface area contributed by atoms with Gasteiger partial charge in [-0.2, -0.15) is 0 Å². The van der Waals surface area contributed by atoms with Crippen molar-refractivity contribution in [2.24, 2.45) is 0 Å². The summed E-state index contributed by atoms with van der Waals surface area (Å²) in [6.45, 7) is 3.92. The van der Waals surface area contributed by atoms with Gasteiger partial charge in [-0.3, -0.25) is 4.79 Å². The monoisotopic (exact) mass is 320 g/mol. The van der Waals surface area contributed by atoms with Crippen molar-refractivity contribution in [3.05, 3.63) is 60.4 Å². The van der Waals surface area contributed by atoms with Crippen molar-refractivity contribution in [2.45, 2.75) is 26.3 Å². The second-order valence-corrected chi connectivity index (χ2v) is 5.63. The number of amides is 1. The zero-order chi connectivity index (χ0) is 16.9. The van der Waals surface area contributed by atoms with Crippen LogP contribution in [0.15, 0.2) is 54.9 Å². The highest BCUT2D eigenvalue weighted by Crippen LogP contribution is 2.26. The minimum absolute atomic E-state index is 0.0154. The first kappa shape index (κ1) is 15.9. The van der Waals surface area contributed by atoms with Gasteiger partial charge < -0.3 is 10.6 Å². The molecule has 1 atom stereocenters. The standard InChI is InChI=1S/C19H20N4O/c1-3-18(24)23-15-9-10-17-16(11-15)19(21-12-20-17)22-13(2)14-7-5-4-6-8-14/h4-13H,3H2,1-2H3,(H,23,24)(H,20,21,22). The van der Waals surface area contributed by atoms with Crippen LogP contribution in [-0.2, 0) is 4.79 Å². The Hall–Kier alpha value is -2.95. The SMILES string of the molecule is CCC(=O)Nc1ccc2ncnc(NC(C)c3ccccc3)c2c1. The van der Waals surface area contributed by atoms with Gasteiger partial charge in [0.05, 0.1) is 5.52 Å². The predicted octanol–water partition coefficient (Wildman–Crippen LogP) is 4.15. The van der Waals surface area contributed by atoms with Crippen LogP contribution in [0, 0.1) is 0 Å². The summed E-state index contributed by atoms with van der Waals surface area (Å²) in [7, 11) is 0. The van der Waals surface area contributed by atoms with Crippen LogP contribution in [-0.4, -0.2) is 15.9 Å². The molecule has 0 aliphatic carbocycles. The Balaban J connectivity index is 1.92. The van der Waals surface area contributed by atoms with E-state index in [4.69, 9.17) is 0 Å². The van der Waals surface area contributed by atoms with Gasteiger partial charge in [0.25, 0.3) is 0 Å². The summed E-state index contributed by atoms with van der Waals surface area (Å²) in [4.78, 5) is 20.3. The lowest BCUT2D eigenvalue weighted by atomic mass is 10.1. The molecule has 0 radical (unpaired) electrons. The van der Waals surface area contributed by atoms with E-state index < -0.39 is 0 Å². The third kappa shape index (κ3) is 3.51. The molecular formula is C19H20N4O. The summed E-state index contributed by atoms with van der Waals surface area (Å²) >= 11 is 0. The number of anilines is 2. The minimum atomic E-state index is -0.0154. The fourth-order valence-corrected chi connectivity index (χ4v) is 2.53. The lowest BCUT2D eigenvalue weighted by Gasteiger charge is -2.16. The number of nitrogens with one attached hydrogen (secondary N) is 2. The molecule has 5 nitrogen and oxygen atoms in total. The topological polar surface area (TPSA) is 66.9 Å². The number of carbonyl (C=O) groups is 1. The number of hydrogen-bond acceptors (Lipinski definition) is 4. The molecule has 0 aliphatic heterocycles. The molecule has 0 fully saturated rings. The molecule has 3 rings (SSSR count). The van der Waals surface area contributed by atoms with Crippen LogP contribution in [0.3, 0.4) is 0 Å². The molecular weight excluding hydrogens is 300 g/mol. The van der Waals surface area contributed by atoms with E-state index in [0.717, 1.165) is 22.4 Å². The maximum atomic E-state index is 11.6. The molecule has 0 saturated carbocycles. The molecule has 0 aliphatic rings. The van der Waals surface area contributed by atoms with Gasteiger partial charge in [0, 0.05) is 23.5 Å². The fraction of sp³-hybridized carbons (Fsp3) is 0.211. The van der Waals surface area contributed by atoms with Gasteiger partial charge in [-0.15, -0.1) is 0 Å². The van der Waals surface area contributed by atoms with Crippen LogP contribution in [0.1, 0.15) is 31.9 Å². The molecule has 0 spiro atoms. The Morgan fingerprint density at radius 3 is 2.67 bits per heavy atom. The lowest BCUT2D eigenvalue weighted by molar-refractivity contribution is -0.115. The van der Waals surface area contributed by atoms with E-state index in [-0.39, 0.29) is 11.9 Å². The first-order valence-corrected chi connectivity index (χ1v) is 8.03. The first-order valence-electron chi connectivity index (χ1n) is 8.03. The summed E-state index contributed by atoms with van der Waals surface area (Å²) in [6, 6.07) is 15.9. The number of benzene rings is 2. The van der Waals surface area contributed by atoms with E-state index in [1.165, 1.54) is 5.56 Å². The number of aromatic nitrogens is 2. The van der Waals surface area contributed by atoms with Crippen LogP contribution in [0.4, 0.5) is 11.5 Å². The van der Waals surface area contributed by atoms with Crippen LogP contribution >= 0.6 is 0 Å². The van der Waals surface area contributed by atoms with Crippen molar-refractivity contribution in [1.82, 2.24) is 9.97 Å². The molecule has 1 unspecified atom stereocenters. The molecule has 122 valence electrons. The van der Waals surface area contributed by atoms with E-state index in [9.17, 15) is 4.79 Å². The highest BCUT2D eigenvalue weighted by atomic mass is 16.1. The van der Waals surface area contributed by atoms with Gasteiger partial charge in [0.1, 0.15) is 12.1 Å². The first-order chi connectivity index (χ1) is 11.7. The average molecular weight is 320 g/mol. The third-order valence-electron chi connectivity index (χ3n) is 3.89. The quantitative estimate of drug-likeness (QED) is 0.741. The van der Waals surface area contributed by atoms with Crippen molar-refractivity contribution in [1.29, 1.82) is 0 Å². The average Bonchev–Trinajstić information content (AvgIpc) is 2.62. The lowest BCUT2D eigenvalue weighted by Crippen LogP contribution is -2.10. The highest BCUT2D eigenvalue weighted by Gasteiger charge is 2.10. The van der Waals surface area contributed by atoms with Crippen molar-refractivity contribution < 1.29 is 4.79 Å². The summed E-state index contributed by atoms with van der Waals surface area (Å²) in [5, 5.41) is 7.19. The van der Waals surface area contributed by atoms with Gasteiger partial charge >= 0.3 is 0 Å². The van der Waals surface area contributed by atoms with E-state index in [1.54, 1.807) is 6.33 Å². The summed E-state index contributed by atoms with van der Waals surface area (Å²) < 4.78 is 0. The van der Waals surface area contributed by atoms with Gasteiger partial charge in [0.15, 0.2) is 0 Å².